The second kappa shape index (κ2) is 11.3. The quantitative estimate of drug-likeness (QED) is 0.241. The van der Waals surface area contributed by atoms with Gasteiger partial charge in [-0.3, -0.25) is 0 Å². The molecule has 2 saturated heterocycles. The van der Waals surface area contributed by atoms with Crippen molar-refractivity contribution in [3.63, 3.8) is 0 Å². The van der Waals surface area contributed by atoms with Crippen LogP contribution < -0.4 is 0 Å². The zero-order valence-corrected chi connectivity index (χ0v) is 15.0. The Hall–Kier alpha value is -2.57. The van der Waals surface area contributed by atoms with Gasteiger partial charge in [-0.05, 0) is 0 Å². The summed E-state index contributed by atoms with van der Waals surface area (Å²) in [5, 5.41) is 8.61. The maximum absolute atomic E-state index is 11.7. The average Bonchev–Trinajstić information content (AvgIpc) is 3.25. The van der Waals surface area contributed by atoms with Crippen LogP contribution in [0, 0.1) is 0 Å². The SMILES string of the molecule is C=CCOC(=O)OCCOC(=O)OC1COC2C(OC(=O)OCCO)COC12. The second-order valence-corrected chi connectivity index (χ2v) is 5.53. The third-order valence-electron chi connectivity index (χ3n) is 3.61. The zero-order chi connectivity index (χ0) is 20.4. The van der Waals surface area contributed by atoms with E-state index in [1.54, 1.807) is 0 Å². The van der Waals surface area contributed by atoms with E-state index in [0.29, 0.717) is 0 Å². The van der Waals surface area contributed by atoms with E-state index >= 15 is 0 Å². The first kappa shape index (κ1) is 21.7. The summed E-state index contributed by atoms with van der Waals surface area (Å²) in [5.41, 5.74) is 0. The predicted octanol–water partition coefficient (Wildman–Crippen LogP) is 0.159. The Bertz CT molecular complexity index is 550. The fourth-order valence-corrected chi connectivity index (χ4v) is 2.49. The number of ether oxygens (including phenoxy) is 8. The molecule has 1 N–H and O–H groups in total. The van der Waals surface area contributed by atoms with Gasteiger partial charge in [-0.2, -0.15) is 0 Å². The number of fused-ring (bicyclic) bond motifs is 1. The van der Waals surface area contributed by atoms with Gasteiger partial charge in [0.15, 0.2) is 12.2 Å². The van der Waals surface area contributed by atoms with Gasteiger partial charge in [0.25, 0.3) is 0 Å². The normalized spacial score (nSPS) is 25.3. The van der Waals surface area contributed by atoms with Crippen LogP contribution in [-0.2, 0) is 37.9 Å². The standard InChI is InChI=1S/C16H22O12/c1-2-4-21-14(18)23-6-7-24-16(20)28-11-9-26-12-10(8-25-13(11)12)27-15(19)22-5-3-17/h2,10-13,17H,1,3-9H2. The van der Waals surface area contributed by atoms with Gasteiger partial charge in [0.05, 0.1) is 19.8 Å². The fraction of sp³-hybridized carbons (Fsp3) is 0.688. The van der Waals surface area contributed by atoms with Gasteiger partial charge in [-0.1, -0.05) is 12.7 Å². The Balaban J connectivity index is 1.65. The molecule has 0 aromatic rings. The molecule has 158 valence electrons. The van der Waals surface area contributed by atoms with Gasteiger partial charge >= 0.3 is 18.5 Å². The minimum atomic E-state index is -0.993. The first-order valence-corrected chi connectivity index (χ1v) is 8.46. The van der Waals surface area contributed by atoms with Crippen molar-refractivity contribution in [1.82, 2.24) is 0 Å². The highest BCUT2D eigenvalue weighted by Gasteiger charge is 2.51. The van der Waals surface area contributed by atoms with Crippen molar-refractivity contribution in [3.8, 4) is 0 Å². The van der Waals surface area contributed by atoms with Crippen molar-refractivity contribution in [2.45, 2.75) is 24.4 Å². The molecule has 12 nitrogen and oxygen atoms in total. The monoisotopic (exact) mass is 406 g/mol. The lowest BCUT2D eigenvalue weighted by Crippen LogP contribution is -2.36. The molecule has 4 unspecified atom stereocenters. The molecule has 2 fully saturated rings. The van der Waals surface area contributed by atoms with E-state index in [0.717, 1.165) is 0 Å². The molecule has 2 heterocycles. The first-order valence-electron chi connectivity index (χ1n) is 8.46. The Kier molecular flexibility index (Phi) is 8.78. The topological polar surface area (TPSA) is 145 Å². The molecule has 28 heavy (non-hydrogen) atoms. The van der Waals surface area contributed by atoms with Crippen molar-refractivity contribution in [1.29, 1.82) is 0 Å². The van der Waals surface area contributed by atoms with Crippen molar-refractivity contribution >= 4 is 18.5 Å². The number of carbonyl (C=O) groups is 3. The largest absolute Gasteiger partial charge is 0.508 e. The number of aliphatic hydroxyl groups excluding tert-OH is 1. The summed E-state index contributed by atoms with van der Waals surface area (Å²) in [6.45, 7) is 2.51. The Morgan fingerprint density at radius 2 is 1.36 bits per heavy atom. The van der Waals surface area contributed by atoms with E-state index in [2.05, 4.69) is 20.8 Å². The third kappa shape index (κ3) is 6.55. The molecular formula is C16H22O12. The summed E-state index contributed by atoms with van der Waals surface area (Å²) >= 11 is 0. The lowest BCUT2D eigenvalue weighted by atomic mass is 10.1. The molecule has 0 aromatic heterocycles. The zero-order valence-electron chi connectivity index (χ0n) is 15.0. The molecule has 0 saturated carbocycles. The van der Waals surface area contributed by atoms with E-state index in [1.165, 1.54) is 6.08 Å². The van der Waals surface area contributed by atoms with Gasteiger partial charge < -0.3 is 43.0 Å². The van der Waals surface area contributed by atoms with Crippen LogP contribution in [0.15, 0.2) is 12.7 Å². The van der Waals surface area contributed by atoms with Crippen LogP contribution in [0.1, 0.15) is 0 Å². The number of aliphatic hydroxyl groups is 1. The molecule has 2 rings (SSSR count). The summed E-state index contributed by atoms with van der Waals surface area (Å²) in [4.78, 5) is 34.2. The molecule has 0 amide bonds. The van der Waals surface area contributed by atoms with Gasteiger partial charge in [0.1, 0.15) is 38.6 Å². The van der Waals surface area contributed by atoms with Crippen molar-refractivity contribution in [2.24, 2.45) is 0 Å². The van der Waals surface area contributed by atoms with E-state index < -0.39 is 42.9 Å². The molecule has 0 bridgehead atoms. The van der Waals surface area contributed by atoms with Crippen LogP contribution in [0.2, 0.25) is 0 Å². The van der Waals surface area contributed by atoms with E-state index in [-0.39, 0.29) is 46.2 Å². The van der Waals surface area contributed by atoms with Crippen LogP contribution in [0.25, 0.3) is 0 Å². The Morgan fingerprint density at radius 3 is 1.86 bits per heavy atom. The fourth-order valence-electron chi connectivity index (χ4n) is 2.49. The Labute approximate surface area is 160 Å². The van der Waals surface area contributed by atoms with E-state index in [4.69, 9.17) is 28.8 Å². The van der Waals surface area contributed by atoms with E-state index in [1.807, 2.05) is 0 Å². The van der Waals surface area contributed by atoms with Crippen LogP contribution >= 0.6 is 0 Å². The molecule has 2 aliphatic rings. The van der Waals surface area contributed by atoms with Crippen LogP contribution in [0.5, 0.6) is 0 Å². The van der Waals surface area contributed by atoms with Crippen LogP contribution in [0.3, 0.4) is 0 Å². The van der Waals surface area contributed by atoms with Crippen molar-refractivity contribution in [2.75, 3.05) is 46.2 Å². The maximum atomic E-state index is 11.7. The molecule has 4 atom stereocenters. The number of hydrogen-bond acceptors (Lipinski definition) is 12. The van der Waals surface area contributed by atoms with Crippen LogP contribution in [0.4, 0.5) is 14.4 Å². The van der Waals surface area contributed by atoms with Crippen molar-refractivity contribution in [3.05, 3.63) is 12.7 Å². The third-order valence-corrected chi connectivity index (χ3v) is 3.61. The van der Waals surface area contributed by atoms with Gasteiger partial charge in [0, 0.05) is 0 Å². The minimum Gasteiger partial charge on any atom is -0.432 e. The summed E-state index contributed by atoms with van der Waals surface area (Å²) in [7, 11) is 0. The summed E-state index contributed by atoms with van der Waals surface area (Å²) in [6, 6.07) is 0. The Morgan fingerprint density at radius 1 is 0.857 bits per heavy atom. The maximum Gasteiger partial charge on any atom is 0.508 e. The molecule has 2 aliphatic heterocycles. The smallest absolute Gasteiger partial charge is 0.432 e. The highest BCUT2D eigenvalue weighted by Crippen LogP contribution is 2.30. The lowest BCUT2D eigenvalue weighted by Gasteiger charge is -2.17. The van der Waals surface area contributed by atoms with E-state index in [9.17, 15) is 14.4 Å². The summed E-state index contributed by atoms with van der Waals surface area (Å²) in [5.74, 6) is 0. The number of rotatable bonds is 9. The molecule has 0 aliphatic carbocycles. The van der Waals surface area contributed by atoms with Crippen molar-refractivity contribution < 1.29 is 57.4 Å². The number of hydrogen-bond donors (Lipinski definition) is 1. The van der Waals surface area contributed by atoms with Gasteiger partial charge in [-0.15, -0.1) is 0 Å². The summed E-state index contributed by atoms with van der Waals surface area (Å²) < 4.78 is 39.7. The molecule has 0 spiro atoms. The highest BCUT2D eigenvalue weighted by molar-refractivity contribution is 5.61. The summed E-state index contributed by atoms with van der Waals surface area (Å²) in [6.07, 6.45) is -4.21. The molecule has 12 heteroatoms. The average molecular weight is 406 g/mol. The first-order chi connectivity index (χ1) is 13.5. The molecular weight excluding hydrogens is 384 g/mol. The van der Waals surface area contributed by atoms with Gasteiger partial charge in [-0.25, -0.2) is 14.4 Å². The molecule has 0 radical (unpaired) electrons. The second-order valence-electron chi connectivity index (χ2n) is 5.53. The number of carbonyl (C=O) groups excluding carboxylic acids is 3. The highest BCUT2D eigenvalue weighted by atomic mass is 16.8. The predicted molar refractivity (Wildman–Crippen MR) is 86.5 cm³/mol. The lowest BCUT2D eigenvalue weighted by molar-refractivity contribution is -0.0456. The molecule has 0 aromatic carbocycles. The van der Waals surface area contributed by atoms with Gasteiger partial charge in [0.2, 0.25) is 0 Å². The van der Waals surface area contributed by atoms with Crippen LogP contribution in [-0.4, -0.2) is 94.2 Å². The minimum absolute atomic E-state index is 0.00975.